The quantitative estimate of drug-likeness (QED) is 0.555. The molecule has 4 bridgehead atoms. The van der Waals surface area contributed by atoms with Crippen LogP contribution < -0.4 is 0 Å². The van der Waals surface area contributed by atoms with Crippen molar-refractivity contribution in [1.82, 2.24) is 0 Å². The second kappa shape index (κ2) is 6.51. The first-order chi connectivity index (χ1) is 12.3. The zero-order valence-corrected chi connectivity index (χ0v) is 16.3. The third kappa shape index (κ3) is 3.33. The molecule has 0 spiro atoms. The molecule has 0 aromatic heterocycles. The van der Waals surface area contributed by atoms with Gasteiger partial charge in [-0.15, -0.1) is 0 Å². The average molecular weight is 354 g/mol. The van der Waals surface area contributed by atoms with E-state index in [1.165, 1.54) is 44.1 Å². The van der Waals surface area contributed by atoms with Gasteiger partial charge in [-0.05, 0) is 105 Å². The summed E-state index contributed by atoms with van der Waals surface area (Å²) in [5.41, 5.74) is 4.08. The van der Waals surface area contributed by atoms with E-state index >= 15 is 0 Å². The molecule has 26 heavy (non-hydrogen) atoms. The molecule has 0 heterocycles. The summed E-state index contributed by atoms with van der Waals surface area (Å²) < 4.78 is 5.43. The third-order valence-corrected chi connectivity index (χ3v) is 7.19. The Kier molecular flexibility index (Phi) is 4.45. The molecule has 0 aliphatic heterocycles. The highest BCUT2D eigenvalue weighted by atomic mass is 16.5. The van der Waals surface area contributed by atoms with Crippen LogP contribution in [0, 0.1) is 43.9 Å². The minimum Gasteiger partial charge on any atom is -0.457 e. The van der Waals surface area contributed by atoms with Crippen LogP contribution in [-0.2, 0) is 9.53 Å². The molecular weight excluding hydrogens is 324 g/mol. The summed E-state index contributed by atoms with van der Waals surface area (Å²) in [5, 5.41) is 0. The van der Waals surface area contributed by atoms with Gasteiger partial charge in [-0.2, -0.15) is 0 Å². The lowest BCUT2D eigenvalue weighted by molar-refractivity contribution is -0.150. The van der Waals surface area contributed by atoms with Crippen molar-refractivity contribution in [1.29, 1.82) is 0 Å². The molecule has 4 aliphatic rings. The van der Waals surface area contributed by atoms with Crippen LogP contribution in [0.15, 0.2) is 12.1 Å². The maximum Gasteiger partial charge on any atom is 0.306 e. The fraction of sp³-hybridized carbons (Fsp3) is 0.652. The monoisotopic (exact) mass is 354 g/mol. The molecule has 0 atom stereocenters. The molecule has 0 N–H and O–H groups in total. The van der Waals surface area contributed by atoms with Gasteiger partial charge < -0.3 is 4.74 Å². The van der Waals surface area contributed by atoms with Gasteiger partial charge >= 0.3 is 5.97 Å². The zero-order chi connectivity index (χ0) is 18.5. The Labute approximate surface area is 156 Å². The van der Waals surface area contributed by atoms with Gasteiger partial charge in [0.25, 0.3) is 0 Å². The van der Waals surface area contributed by atoms with E-state index in [2.05, 4.69) is 0 Å². The predicted octanol–water partition coefficient (Wildman–Crippen LogP) is 4.94. The van der Waals surface area contributed by atoms with Crippen molar-refractivity contribution in [2.24, 2.45) is 23.2 Å². The molecule has 4 saturated carbocycles. The molecule has 1 aromatic rings. The summed E-state index contributed by atoms with van der Waals surface area (Å²) in [7, 11) is 0. The lowest BCUT2D eigenvalue weighted by Crippen LogP contribution is -2.47. The highest BCUT2D eigenvalue weighted by Gasteiger charge is 2.51. The fourth-order valence-electron chi connectivity index (χ4n) is 6.35. The van der Waals surface area contributed by atoms with E-state index in [1.807, 2.05) is 32.9 Å². The van der Waals surface area contributed by atoms with Crippen LogP contribution in [0.3, 0.4) is 0 Å². The van der Waals surface area contributed by atoms with Gasteiger partial charge in [0.05, 0.1) is 6.42 Å². The number of Topliss-reactive ketones (excluding diaryl/α,β-unsaturated/α-hetero) is 1. The van der Waals surface area contributed by atoms with Crippen LogP contribution in [0.5, 0.6) is 0 Å². The zero-order valence-electron chi connectivity index (χ0n) is 16.3. The predicted molar refractivity (Wildman–Crippen MR) is 101 cm³/mol. The highest BCUT2D eigenvalue weighted by Crippen LogP contribution is 2.61. The largest absolute Gasteiger partial charge is 0.457 e. The fourth-order valence-corrected chi connectivity index (χ4v) is 6.35. The average Bonchev–Trinajstić information content (AvgIpc) is 2.54. The smallest absolute Gasteiger partial charge is 0.306 e. The molecule has 4 aliphatic carbocycles. The first-order valence-corrected chi connectivity index (χ1v) is 10.1. The molecule has 0 radical (unpaired) electrons. The van der Waals surface area contributed by atoms with Crippen LogP contribution in [0.1, 0.15) is 72.0 Å². The number of carbonyl (C=O) groups is 2. The normalized spacial score (nSPS) is 31.9. The number of benzene rings is 1. The topological polar surface area (TPSA) is 43.4 Å². The number of aryl methyl sites for hydroxylation is 3. The SMILES string of the molecule is Cc1cc(C)c(C(=O)COC(=O)CC23CC4CC(CC(C4)C2)C3)cc1C. The van der Waals surface area contributed by atoms with Gasteiger partial charge in [0, 0.05) is 5.56 Å². The molecule has 1 aromatic carbocycles. The summed E-state index contributed by atoms with van der Waals surface area (Å²) in [6.07, 6.45) is 8.21. The van der Waals surface area contributed by atoms with E-state index in [-0.39, 0.29) is 23.8 Å². The molecule has 0 amide bonds. The van der Waals surface area contributed by atoms with Gasteiger partial charge in [-0.1, -0.05) is 6.07 Å². The molecule has 140 valence electrons. The Hall–Kier alpha value is -1.64. The van der Waals surface area contributed by atoms with Crippen molar-refractivity contribution in [2.45, 2.75) is 65.7 Å². The third-order valence-electron chi connectivity index (χ3n) is 7.19. The number of ketones is 1. The Balaban J connectivity index is 1.36. The Morgan fingerprint density at radius 2 is 1.46 bits per heavy atom. The summed E-state index contributed by atoms with van der Waals surface area (Å²) in [6.45, 7) is 5.86. The summed E-state index contributed by atoms with van der Waals surface area (Å²) in [4.78, 5) is 25.0. The van der Waals surface area contributed by atoms with Crippen LogP contribution in [0.25, 0.3) is 0 Å². The number of carbonyl (C=O) groups excluding carboxylic acids is 2. The lowest BCUT2D eigenvalue weighted by atomic mass is 9.49. The maximum absolute atomic E-state index is 12.5. The van der Waals surface area contributed by atoms with Crippen molar-refractivity contribution < 1.29 is 14.3 Å². The number of rotatable bonds is 5. The van der Waals surface area contributed by atoms with Gasteiger partial charge in [0.1, 0.15) is 0 Å². The number of ether oxygens (including phenoxy) is 1. The molecule has 3 heteroatoms. The maximum atomic E-state index is 12.5. The van der Waals surface area contributed by atoms with Crippen molar-refractivity contribution in [3.63, 3.8) is 0 Å². The molecule has 0 saturated heterocycles. The minimum atomic E-state index is -0.179. The first kappa shape index (κ1) is 17.8. The van der Waals surface area contributed by atoms with E-state index in [1.54, 1.807) is 0 Å². The van der Waals surface area contributed by atoms with Crippen LogP contribution in [0.2, 0.25) is 0 Å². The molecule has 4 fully saturated rings. The van der Waals surface area contributed by atoms with E-state index in [9.17, 15) is 9.59 Å². The Morgan fingerprint density at radius 3 is 2.04 bits per heavy atom. The van der Waals surface area contributed by atoms with Crippen molar-refractivity contribution in [3.8, 4) is 0 Å². The highest BCUT2D eigenvalue weighted by molar-refractivity contribution is 5.99. The number of hydrogen-bond donors (Lipinski definition) is 0. The van der Waals surface area contributed by atoms with Gasteiger partial charge in [-0.25, -0.2) is 0 Å². The van der Waals surface area contributed by atoms with E-state index in [0.717, 1.165) is 28.9 Å². The van der Waals surface area contributed by atoms with Gasteiger partial charge in [0.2, 0.25) is 5.78 Å². The Bertz CT molecular complexity index is 711. The Morgan fingerprint density at radius 1 is 0.923 bits per heavy atom. The number of hydrogen-bond acceptors (Lipinski definition) is 3. The van der Waals surface area contributed by atoms with Crippen molar-refractivity contribution in [2.75, 3.05) is 6.61 Å². The van der Waals surface area contributed by atoms with Crippen LogP contribution in [-0.4, -0.2) is 18.4 Å². The number of esters is 1. The standard InChI is InChI=1S/C23H30O3/c1-14-4-16(3)20(5-15(14)2)21(24)13-26-22(25)12-23-9-17-6-18(10-23)8-19(7-17)11-23/h4-5,17-19H,6-13H2,1-3H3. The van der Waals surface area contributed by atoms with E-state index in [4.69, 9.17) is 4.74 Å². The lowest BCUT2D eigenvalue weighted by Gasteiger charge is -2.56. The molecule has 0 unspecified atom stereocenters. The van der Waals surface area contributed by atoms with E-state index < -0.39 is 0 Å². The van der Waals surface area contributed by atoms with Crippen molar-refractivity contribution >= 4 is 11.8 Å². The first-order valence-electron chi connectivity index (χ1n) is 10.1. The molecule has 5 rings (SSSR count). The molecule has 3 nitrogen and oxygen atoms in total. The molecular formula is C23H30O3. The second-order valence-corrected chi connectivity index (χ2v) is 9.43. The van der Waals surface area contributed by atoms with Crippen LogP contribution in [0.4, 0.5) is 0 Å². The minimum absolute atomic E-state index is 0.0931. The van der Waals surface area contributed by atoms with Gasteiger partial charge in [-0.3, -0.25) is 9.59 Å². The van der Waals surface area contributed by atoms with E-state index in [0.29, 0.717) is 12.0 Å². The summed E-state index contributed by atoms with van der Waals surface area (Å²) in [6, 6.07) is 3.94. The van der Waals surface area contributed by atoms with Gasteiger partial charge in [0.15, 0.2) is 6.61 Å². The summed E-state index contributed by atoms with van der Waals surface area (Å²) in [5.74, 6) is 2.21. The second-order valence-electron chi connectivity index (χ2n) is 9.43. The van der Waals surface area contributed by atoms with Crippen LogP contribution >= 0.6 is 0 Å². The summed E-state index contributed by atoms with van der Waals surface area (Å²) >= 11 is 0. The van der Waals surface area contributed by atoms with Crippen molar-refractivity contribution in [3.05, 3.63) is 34.4 Å².